The van der Waals surface area contributed by atoms with E-state index in [-0.39, 0.29) is 0 Å². The van der Waals surface area contributed by atoms with Crippen molar-refractivity contribution in [3.8, 4) is 17.3 Å². The molecule has 1 saturated heterocycles. The molecule has 3 rings (SSSR count). The molecule has 1 aliphatic heterocycles. The molecule has 5 heteroatoms. The van der Waals surface area contributed by atoms with Crippen LogP contribution in [0.4, 0.5) is 5.82 Å². The summed E-state index contributed by atoms with van der Waals surface area (Å²) in [7, 11) is 0. The average Bonchev–Trinajstić information content (AvgIpc) is 2.61. The van der Waals surface area contributed by atoms with Gasteiger partial charge in [0.1, 0.15) is 11.6 Å². The Morgan fingerprint density at radius 2 is 2.00 bits per heavy atom. The molecule has 1 aromatic heterocycles. The first-order valence-corrected chi connectivity index (χ1v) is 9.15. The number of rotatable bonds is 3. The molecule has 118 valence electrons. The van der Waals surface area contributed by atoms with E-state index < -0.39 is 0 Å². The summed E-state index contributed by atoms with van der Waals surface area (Å²) in [4.78, 5) is 11.6. The highest BCUT2D eigenvalue weighted by molar-refractivity contribution is 7.98. The molecule has 4 nitrogen and oxygen atoms in total. The molecule has 1 unspecified atom stereocenters. The molecule has 2 aromatic rings. The fraction of sp³-hybridized carbons (Fsp3) is 0.389. The summed E-state index contributed by atoms with van der Waals surface area (Å²) < 4.78 is 0. The molecular formula is C18H20N4S. The lowest BCUT2D eigenvalue weighted by Gasteiger charge is -2.35. The van der Waals surface area contributed by atoms with Crippen LogP contribution in [0.2, 0.25) is 0 Å². The third-order valence-corrected chi connectivity index (χ3v) is 4.83. The van der Waals surface area contributed by atoms with Crippen LogP contribution >= 0.6 is 11.8 Å². The number of aromatic nitrogens is 2. The number of benzene rings is 1. The van der Waals surface area contributed by atoms with E-state index in [1.165, 1.54) is 18.2 Å². The van der Waals surface area contributed by atoms with E-state index in [9.17, 15) is 5.26 Å². The van der Waals surface area contributed by atoms with E-state index in [2.05, 4.69) is 27.9 Å². The van der Waals surface area contributed by atoms with Crippen molar-refractivity contribution in [2.24, 2.45) is 0 Å². The molecular weight excluding hydrogens is 304 g/mol. The minimum atomic E-state index is 0.407. The van der Waals surface area contributed by atoms with E-state index in [0.717, 1.165) is 41.6 Å². The molecule has 1 aromatic carbocycles. The standard InChI is InChI=1S/C18H20N4S/c1-13-8-6-7-11-22(13)17-15(12-19)16(20-18(21-17)23-2)14-9-4-3-5-10-14/h3-5,9-10,13H,6-8,11H2,1-2H3. The van der Waals surface area contributed by atoms with Crippen molar-refractivity contribution >= 4 is 17.6 Å². The first-order valence-electron chi connectivity index (χ1n) is 7.92. The van der Waals surface area contributed by atoms with Crippen molar-refractivity contribution < 1.29 is 0 Å². The van der Waals surface area contributed by atoms with Crippen LogP contribution in [0.1, 0.15) is 31.7 Å². The van der Waals surface area contributed by atoms with Crippen LogP contribution in [0, 0.1) is 11.3 Å². The number of hydrogen-bond acceptors (Lipinski definition) is 5. The number of hydrogen-bond donors (Lipinski definition) is 0. The second-order valence-corrected chi connectivity index (χ2v) is 6.55. The van der Waals surface area contributed by atoms with Gasteiger partial charge in [-0.3, -0.25) is 0 Å². The SMILES string of the molecule is CSc1nc(-c2ccccc2)c(C#N)c(N2CCCCC2C)n1. The first-order chi connectivity index (χ1) is 11.2. The van der Waals surface area contributed by atoms with Gasteiger partial charge in [-0.2, -0.15) is 5.26 Å². The number of nitriles is 1. The van der Waals surface area contributed by atoms with E-state index in [1.807, 2.05) is 36.6 Å². The Balaban J connectivity index is 2.17. The molecule has 1 fully saturated rings. The van der Waals surface area contributed by atoms with Gasteiger partial charge in [-0.1, -0.05) is 42.1 Å². The molecule has 0 amide bonds. The Morgan fingerprint density at radius 1 is 1.22 bits per heavy atom. The lowest BCUT2D eigenvalue weighted by Crippen LogP contribution is -2.38. The van der Waals surface area contributed by atoms with Crippen LogP contribution in [0.5, 0.6) is 0 Å². The van der Waals surface area contributed by atoms with Crippen LogP contribution in [0.15, 0.2) is 35.5 Å². The second-order valence-electron chi connectivity index (χ2n) is 5.77. The number of piperidine rings is 1. The monoisotopic (exact) mass is 324 g/mol. The molecule has 0 aliphatic carbocycles. The molecule has 0 radical (unpaired) electrons. The van der Waals surface area contributed by atoms with Crippen LogP contribution in [-0.2, 0) is 0 Å². The summed E-state index contributed by atoms with van der Waals surface area (Å²) in [5, 5.41) is 10.5. The highest BCUT2D eigenvalue weighted by Crippen LogP contribution is 2.33. The van der Waals surface area contributed by atoms with Gasteiger partial charge < -0.3 is 4.90 Å². The van der Waals surface area contributed by atoms with Gasteiger partial charge in [-0.25, -0.2) is 9.97 Å². The topological polar surface area (TPSA) is 52.8 Å². The third kappa shape index (κ3) is 3.18. The van der Waals surface area contributed by atoms with E-state index in [1.54, 1.807) is 0 Å². The van der Waals surface area contributed by atoms with Gasteiger partial charge >= 0.3 is 0 Å². The highest BCUT2D eigenvalue weighted by atomic mass is 32.2. The van der Waals surface area contributed by atoms with Gasteiger partial charge in [0.25, 0.3) is 0 Å². The Kier molecular flexibility index (Phi) is 4.82. The van der Waals surface area contributed by atoms with Gasteiger partial charge in [0, 0.05) is 18.2 Å². The van der Waals surface area contributed by atoms with E-state index >= 15 is 0 Å². The van der Waals surface area contributed by atoms with Crippen molar-refractivity contribution in [2.75, 3.05) is 17.7 Å². The fourth-order valence-corrected chi connectivity index (χ4v) is 3.41. The Bertz CT molecular complexity index is 724. The zero-order valence-electron chi connectivity index (χ0n) is 13.5. The minimum Gasteiger partial charge on any atom is -0.353 e. The Labute approximate surface area is 141 Å². The lowest BCUT2D eigenvalue weighted by atomic mass is 10.0. The maximum Gasteiger partial charge on any atom is 0.189 e. The van der Waals surface area contributed by atoms with Gasteiger partial charge in [0.2, 0.25) is 0 Å². The number of anilines is 1. The van der Waals surface area contributed by atoms with Crippen LogP contribution in [0.3, 0.4) is 0 Å². The van der Waals surface area contributed by atoms with Crippen LogP contribution in [-0.4, -0.2) is 28.8 Å². The summed E-state index contributed by atoms with van der Waals surface area (Å²) >= 11 is 1.52. The maximum atomic E-state index is 9.78. The Hall–Kier alpha value is -2.06. The molecule has 23 heavy (non-hydrogen) atoms. The van der Waals surface area contributed by atoms with Crippen molar-refractivity contribution in [1.82, 2.24) is 9.97 Å². The van der Waals surface area contributed by atoms with Crippen molar-refractivity contribution in [3.63, 3.8) is 0 Å². The normalized spacial score (nSPS) is 17.8. The smallest absolute Gasteiger partial charge is 0.189 e. The summed E-state index contributed by atoms with van der Waals surface area (Å²) in [6.07, 6.45) is 5.50. The number of thioether (sulfide) groups is 1. The van der Waals surface area contributed by atoms with Crippen LogP contribution < -0.4 is 4.90 Å². The minimum absolute atomic E-state index is 0.407. The number of nitrogens with zero attached hydrogens (tertiary/aromatic N) is 4. The molecule has 0 bridgehead atoms. The predicted molar refractivity (Wildman–Crippen MR) is 94.6 cm³/mol. The Morgan fingerprint density at radius 3 is 2.65 bits per heavy atom. The average molecular weight is 324 g/mol. The molecule has 0 saturated carbocycles. The lowest BCUT2D eigenvalue weighted by molar-refractivity contribution is 0.479. The molecule has 1 aliphatic rings. The van der Waals surface area contributed by atoms with Gasteiger partial charge in [0.15, 0.2) is 11.0 Å². The largest absolute Gasteiger partial charge is 0.353 e. The van der Waals surface area contributed by atoms with Gasteiger partial charge in [-0.15, -0.1) is 0 Å². The van der Waals surface area contributed by atoms with Crippen molar-refractivity contribution in [2.45, 2.75) is 37.4 Å². The molecule has 1 atom stereocenters. The maximum absolute atomic E-state index is 9.78. The zero-order chi connectivity index (χ0) is 16.2. The highest BCUT2D eigenvalue weighted by Gasteiger charge is 2.25. The van der Waals surface area contributed by atoms with Crippen molar-refractivity contribution in [1.29, 1.82) is 5.26 Å². The zero-order valence-corrected chi connectivity index (χ0v) is 14.3. The first kappa shape index (κ1) is 15.8. The quantitative estimate of drug-likeness (QED) is 0.628. The fourth-order valence-electron chi connectivity index (χ4n) is 3.05. The summed E-state index contributed by atoms with van der Waals surface area (Å²) in [6.45, 7) is 3.16. The second kappa shape index (κ2) is 7.01. The van der Waals surface area contributed by atoms with E-state index in [4.69, 9.17) is 0 Å². The summed E-state index contributed by atoms with van der Waals surface area (Å²) in [5.74, 6) is 0.790. The third-order valence-electron chi connectivity index (χ3n) is 4.29. The molecule has 0 N–H and O–H groups in total. The molecule has 2 heterocycles. The predicted octanol–water partition coefficient (Wildman–Crippen LogP) is 4.12. The summed E-state index contributed by atoms with van der Waals surface area (Å²) in [5.41, 5.74) is 2.29. The van der Waals surface area contributed by atoms with E-state index in [0.29, 0.717) is 11.6 Å². The van der Waals surface area contributed by atoms with Crippen molar-refractivity contribution in [3.05, 3.63) is 35.9 Å². The van der Waals surface area contributed by atoms with Crippen LogP contribution in [0.25, 0.3) is 11.3 Å². The molecule has 0 spiro atoms. The summed E-state index contributed by atoms with van der Waals surface area (Å²) in [6, 6.07) is 12.7. The van der Waals surface area contributed by atoms with Gasteiger partial charge in [-0.05, 0) is 32.4 Å². The van der Waals surface area contributed by atoms with Gasteiger partial charge in [0.05, 0.1) is 5.69 Å².